The van der Waals surface area contributed by atoms with Crippen molar-refractivity contribution >= 4 is 11.7 Å². The van der Waals surface area contributed by atoms with Crippen molar-refractivity contribution in [1.29, 1.82) is 0 Å². The maximum absolute atomic E-state index is 10.6. The summed E-state index contributed by atoms with van der Waals surface area (Å²) in [5.74, 6) is -0.826. The molecule has 0 radical (unpaired) electrons. The predicted molar refractivity (Wildman–Crippen MR) is 43.0 cm³/mol. The Morgan fingerprint density at radius 3 is 3.25 bits per heavy atom. The molecule has 1 aromatic rings. The van der Waals surface area contributed by atoms with Crippen molar-refractivity contribution in [2.75, 3.05) is 5.32 Å². The second kappa shape index (κ2) is 2.48. The van der Waals surface area contributed by atoms with Crippen LogP contribution in [0.1, 0.15) is 5.69 Å². The number of aliphatic carboxylic acids is 1. The molecule has 2 heterocycles. The fourth-order valence-electron chi connectivity index (χ4n) is 1.31. The number of hydrogen-bond donors (Lipinski definition) is 2. The number of nitrogens with one attached hydrogen (secondary N) is 1. The van der Waals surface area contributed by atoms with Crippen LogP contribution in [-0.2, 0) is 11.2 Å². The number of aromatic nitrogens is 1. The highest BCUT2D eigenvalue weighted by molar-refractivity contribution is 5.80. The van der Waals surface area contributed by atoms with E-state index in [1.165, 1.54) is 0 Å². The number of carbonyl (C=O) groups is 1. The monoisotopic (exact) mass is 164 g/mol. The molecule has 0 fully saturated rings. The average molecular weight is 164 g/mol. The molecule has 0 saturated heterocycles. The SMILES string of the molecule is O=C(O)C1Cc2ncccc2N1. The van der Waals surface area contributed by atoms with E-state index < -0.39 is 12.0 Å². The minimum Gasteiger partial charge on any atom is -0.480 e. The zero-order chi connectivity index (χ0) is 8.55. The van der Waals surface area contributed by atoms with Gasteiger partial charge in [0, 0.05) is 12.6 Å². The summed E-state index contributed by atoms with van der Waals surface area (Å²) in [6.45, 7) is 0. The maximum Gasteiger partial charge on any atom is 0.326 e. The van der Waals surface area contributed by atoms with Gasteiger partial charge >= 0.3 is 5.97 Å². The summed E-state index contributed by atoms with van der Waals surface area (Å²) in [7, 11) is 0. The first kappa shape index (κ1) is 7.09. The lowest BCUT2D eigenvalue weighted by Crippen LogP contribution is -2.26. The molecule has 12 heavy (non-hydrogen) atoms. The number of carboxylic acid groups (broad SMARTS) is 1. The molecule has 2 N–H and O–H groups in total. The predicted octanol–water partition coefficient (Wildman–Crippen LogP) is 0.503. The Kier molecular flexibility index (Phi) is 1.46. The molecule has 1 unspecified atom stereocenters. The largest absolute Gasteiger partial charge is 0.480 e. The number of anilines is 1. The molecule has 62 valence electrons. The van der Waals surface area contributed by atoms with Crippen LogP contribution >= 0.6 is 0 Å². The Labute approximate surface area is 69.2 Å². The van der Waals surface area contributed by atoms with Gasteiger partial charge in [0.05, 0.1) is 11.4 Å². The van der Waals surface area contributed by atoms with Gasteiger partial charge in [-0.2, -0.15) is 0 Å². The zero-order valence-electron chi connectivity index (χ0n) is 6.32. The summed E-state index contributed by atoms with van der Waals surface area (Å²) in [5, 5.41) is 11.6. The molecule has 1 aromatic heterocycles. The lowest BCUT2D eigenvalue weighted by atomic mass is 10.2. The van der Waals surface area contributed by atoms with E-state index >= 15 is 0 Å². The van der Waals surface area contributed by atoms with Gasteiger partial charge in [0.25, 0.3) is 0 Å². The summed E-state index contributed by atoms with van der Waals surface area (Å²) in [5.41, 5.74) is 1.68. The van der Waals surface area contributed by atoms with Crippen LogP contribution in [0, 0.1) is 0 Å². The van der Waals surface area contributed by atoms with Crippen molar-refractivity contribution in [2.45, 2.75) is 12.5 Å². The first-order valence-electron chi connectivity index (χ1n) is 3.70. The quantitative estimate of drug-likeness (QED) is 0.634. The number of hydrogen-bond acceptors (Lipinski definition) is 3. The van der Waals surface area contributed by atoms with Gasteiger partial charge in [-0.3, -0.25) is 4.98 Å². The maximum atomic E-state index is 10.6. The van der Waals surface area contributed by atoms with Gasteiger partial charge in [-0.1, -0.05) is 0 Å². The van der Waals surface area contributed by atoms with Crippen molar-refractivity contribution in [3.05, 3.63) is 24.0 Å². The van der Waals surface area contributed by atoms with Crippen LogP contribution in [0.5, 0.6) is 0 Å². The van der Waals surface area contributed by atoms with E-state index in [0.717, 1.165) is 11.4 Å². The third-order valence-electron chi connectivity index (χ3n) is 1.92. The number of fused-ring (bicyclic) bond motifs is 1. The van der Waals surface area contributed by atoms with Crippen molar-refractivity contribution in [3.8, 4) is 0 Å². The molecule has 2 rings (SSSR count). The molecule has 0 bridgehead atoms. The Morgan fingerprint density at radius 2 is 2.58 bits per heavy atom. The van der Waals surface area contributed by atoms with E-state index in [1.807, 2.05) is 6.07 Å². The molecule has 4 nitrogen and oxygen atoms in total. The molecule has 1 aliphatic rings. The molecule has 0 saturated carbocycles. The lowest BCUT2D eigenvalue weighted by molar-refractivity contribution is -0.137. The van der Waals surface area contributed by atoms with Crippen molar-refractivity contribution in [1.82, 2.24) is 4.98 Å². The second-order valence-electron chi connectivity index (χ2n) is 2.74. The van der Waals surface area contributed by atoms with Gasteiger partial charge < -0.3 is 10.4 Å². The first-order chi connectivity index (χ1) is 5.77. The smallest absolute Gasteiger partial charge is 0.326 e. The fraction of sp³-hybridized carbons (Fsp3) is 0.250. The minimum absolute atomic E-state index is 0.478. The number of carboxylic acids is 1. The molecule has 4 heteroatoms. The Balaban J connectivity index is 2.27. The molecule has 0 aliphatic carbocycles. The topological polar surface area (TPSA) is 62.2 Å². The van der Waals surface area contributed by atoms with Gasteiger partial charge in [0.2, 0.25) is 0 Å². The van der Waals surface area contributed by atoms with Crippen LogP contribution in [0.15, 0.2) is 18.3 Å². The van der Waals surface area contributed by atoms with Crippen molar-refractivity contribution in [2.24, 2.45) is 0 Å². The van der Waals surface area contributed by atoms with Crippen molar-refractivity contribution < 1.29 is 9.90 Å². The molecule has 1 atom stereocenters. The molecule has 0 aromatic carbocycles. The van der Waals surface area contributed by atoms with Crippen molar-refractivity contribution in [3.63, 3.8) is 0 Å². The van der Waals surface area contributed by atoms with E-state index in [4.69, 9.17) is 5.11 Å². The van der Waals surface area contributed by atoms with Gasteiger partial charge in [-0.25, -0.2) is 4.79 Å². The number of pyridine rings is 1. The van der Waals surface area contributed by atoms with E-state index in [1.54, 1.807) is 12.3 Å². The third-order valence-corrected chi connectivity index (χ3v) is 1.92. The Bertz CT molecular complexity index is 300. The summed E-state index contributed by atoms with van der Waals surface area (Å²) in [4.78, 5) is 14.6. The molecule has 1 aliphatic heterocycles. The highest BCUT2D eigenvalue weighted by atomic mass is 16.4. The Hall–Kier alpha value is -1.58. The summed E-state index contributed by atoms with van der Waals surface area (Å²) in [6.07, 6.45) is 2.15. The Morgan fingerprint density at radius 1 is 1.75 bits per heavy atom. The highest BCUT2D eigenvalue weighted by Gasteiger charge is 2.26. The normalized spacial score (nSPS) is 19.8. The standard InChI is InChI=1S/C8H8N2O2/c11-8(12)7-4-6-5(10-7)2-1-3-9-6/h1-3,7,10H,4H2,(H,11,12). The van der Waals surface area contributed by atoms with Gasteiger partial charge in [0.1, 0.15) is 6.04 Å². The minimum atomic E-state index is -0.826. The molecular formula is C8H8N2O2. The fourth-order valence-corrected chi connectivity index (χ4v) is 1.31. The summed E-state index contributed by atoms with van der Waals surface area (Å²) in [6, 6.07) is 3.12. The number of rotatable bonds is 1. The van der Waals surface area contributed by atoms with Gasteiger partial charge in [-0.05, 0) is 12.1 Å². The summed E-state index contributed by atoms with van der Waals surface area (Å²) >= 11 is 0. The van der Waals surface area contributed by atoms with Crippen LogP contribution in [0.2, 0.25) is 0 Å². The van der Waals surface area contributed by atoms with E-state index in [0.29, 0.717) is 6.42 Å². The summed E-state index contributed by atoms with van der Waals surface area (Å²) < 4.78 is 0. The van der Waals surface area contributed by atoms with Gasteiger partial charge in [-0.15, -0.1) is 0 Å². The highest BCUT2D eigenvalue weighted by Crippen LogP contribution is 2.22. The molecule has 0 spiro atoms. The van der Waals surface area contributed by atoms with E-state index in [9.17, 15) is 4.79 Å². The lowest BCUT2D eigenvalue weighted by Gasteiger charge is -2.02. The first-order valence-corrected chi connectivity index (χ1v) is 3.70. The van der Waals surface area contributed by atoms with Gasteiger partial charge in [0.15, 0.2) is 0 Å². The zero-order valence-corrected chi connectivity index (χ0v) is 6.32. The third kappa shape index (κ3) is 1.01. The molecular weight excluding hydrogens is 156 g/mol. The average Bonchev–Trinajstić information content (AvgIpc) is 2.46. The second-order valence-corrected chi connectivity index (χ2v) is 2.74. The van der Waals surface area contributed by atoms with Crippen LogP contribution in [0.3, 0.4) is 0 Å². The number of nitrogens with zero attached hydrogens (tertiary/aromatic N) is 1. The van der Waals surface area contributed by atoms with Crippen LogP contribution in [0.25, 0.3) is 0 Å². The van der Waals surface area contributed by atoms with Crippen LogP contribution in [0.4, 0.5) is 5.69 Å². The van der Waals surface area contributed by atoms with E-state index in [-0.39, 0.29) is 0 Å². The van der Waals surface area contributed by atoms with E-state index in [2.05, 4.69) is 10.3 Å². The van der Waals surface area contributed by atoms with Crippen LogP contribution < -0.4 is 5.32 Å². The van der Waals surface area contributed by atoms with Crippen LogP contribution in [-0.4, -0.2) is 22.1 Å². The molecule has 0 amide bonds.